The first-order valence-corrected chi connectivity index (χ1v) is 8.69. The molecule has 2 saturated carbocycles. The lowest BCUT2D eigenvalue weighted by Crippen LogP contribution is -2.30. The van der Waals surface area contributed by atoms with E-state index in [9.17, 15) is 9.59 Å². The highest BCUT2D eigenvalue weighted by Crippen LogP contribution is 2.73. The van der Waals surface area contributed by atoms with Gasteiger partial charge in [0, 0.05) is 0 Å². The Balaban J connectivity index is 1.29. The van der Waals surface area contributed by atoms with Crippen LogP contribution in [0.15, 0.2) is 35.5 Å². The molecule has 3 fully saturated rings. The van der Waals surface area contributed by atoms with Crippen molar-refractivity contribution in [1.82, 2.24) is 5.01 Å². The molecule has 0 N–H and O–H groups in total. The summed E-state index contributed by atoms with van der Waals surface area (Å²) in [6.45, 7) is 0.208. The van der Waals surface area contributed by atoms with E-state index >= 15 is 0 Å². The van der Waals surface area contributed by atoms with E-state index in [1.54, 1.807) is 18.3 Å². The maximum atomic E-state index is 12.8. The molecule has 4 unspecified atom stereocenters. The third kappa shape index (κ3) is 1.57. The van der Waals surface area contributed by atoms with Crippen molar-refractivity contribution >= 4 is 18.0 Å². The van der Waals surface area contributed by atoms with Gasteiger partial charge < -0.3 is 9.47 Å². The maximum absolute atomic E-state index is 12.8. The number of carbonyl (C=O) groups is 2. The van der Waals surface area contributed by atoms with E-state index in [0.717, 1.165) is 23.4 Å². The van der Waals surface area contributed by atoms with Crippen LogP contribution in [0.3, 0.4) is 0 Å². The lowest BCUT2D eigenvalue weighted by atomic mass is 9.85. The molecule has 6 heteroatoms. The normalized spacial score (nSPS) is 35.4. The number of imide groups is 1. The van der Waals surface area contributed by atoms with Gasteiger partial charge in [0.05, 0.1) is 18.1 Å². The van der Waals surface area contributed by atoms with Crippen molar-refractivity contribution in [3.8, 4) is 11.5 Å². The molecule has 0 aromatic heterocycles. The van der Waals surface area contributed by atoms with Crippen LogP contribution >= 0.6 is 0 Å². The lowest BCUT2D eigenvalue weighted by molar-refractivity contribution is -0.141. The van der Waals surface area contributed by atoms with Crippen LogP contribution in [-0.4, -0.2) is 29.8 Å². The van der Waals surface area contributed by atoms with Crippen molar-refractivity contribution < 1.29 is 19.1 Å². The predicted octanol–water partition coefficient (Wildman–Crippen LogP) is 1.95. The Morgan fingerprint density at radius 2 is 1.72 bits per heavy atom. The number of ether oxygens (including phenoxy) is 2. The van der Waals surface area contributed by atoms with Crippen LogP contribution in [0.2, 0.25) is 0 Å². The van der Waals surface area contributed by atoms with Crippen molar-refractivity contribution in [2.45, 2.75) is 12.8 Å². The predicted molar refractivity (Wildman–Crippen MR) is 86.8 cm³/mol. The highest BCUT2D eigenvalue weighted by Gasteiger charge is 2.73. The van der Waals surface area contributed by atoms with E-state index in [4.69, 9.17) is 9.47 Å². The quantitative estimate of drug-likeness (QED) is 0.470. The Morgan fingerprint density at radius 1 is 1.04 bits per heavy atom. The Bertz CT molecular complexity index is 851. The third-order valence-electron chi connectivity index (χ3n) is 6.55. The molecule has 2 aliphatic heterocycles. The van der Waals surface area contributed by atoms with Crippen LogP contribution < -0.4 is 9.47 Å². The largest absolute Gasteiger partial charge is 0.454 e. The van der Waals surface area contributed by atoms with E-state index in [1.807, 2.05) is 6.07 Å². The summed E-state index contributed by atoms with van der Waals surface area (Å²) in [5.41, 5.74) is 0.981. The van der Waals surface area contributed by atoms with Crippen molar-refractivity contribution in [3.63, 3.8) is 0 Å². The summed E-state index contributed by atoms with van der Waals surface area (Å²) in [6, 6.07) is 5.42. The number of hydrogen-bond donors (Lipinski definition) is 0. The highest BCUT2D eigenvalue weighted by atomic mass is 16.7. The molecular weight excluding hydrogens is 320 g/mol. The van der Waals surface area contributed by atoms with E-state index < -0.39 is 0 Å². The van der Waals surface area contributed by atoms with Gasteiger partial charge in [-0.15, -0.1) is 0 Å². The van der Waals surface area contributed by atoms with Crippen LogP contribution in [0.25, 0.3) is 0 Å². The molecule has 4 atom stereocenters. The van der Waals surface area contributed by atoms with Crippen molar-refractivity contribution in [1.29, 1.82) is 0 Å². The molecule has 0 radical (unpaired) electrons. The Kier molecular flexibility index (Phi) is 2.35. The molecule has 1 saturated heterocycles. The Morgan fingerprint density at radius 3 is 2.40 bits per heavy atom. The van der Waals surface area contributed by atoms with Crippen LogP contribution in [0.5, 0.6) is 11.5 Å². The van der Waals surface area contributed by atoms with Crippen molar-refractivity contribution in [3.05, 3.63) is 35.9 Å². The van der Waals surface area contributed by atoms with E-state index in [0.29, 0.717) is 11.5 Å². The molecule has 6 rings (SSSR count). The fourth-order valence-corrected chi connectivity index (χ4v) is 5.29. The lowest BCUT2D eigenvalue weighted by Gasteiger charge is -2.18. The van der Waals surface area contributed by atoms with E-state index in [-0.39, 0.29) is 47.7 Å². The number of hydrogen-bond acceptors (Lipinski definition) is 5. The standard InChI is InChI=1S/C19H16N2O4/c22-17-15-11-2-3-12(19(11)5-6-19)16(15)18(23)21(17)20-8-10-1-4-13-14(7-10)25-9-24-13/h1-4,7-8,11-12,15-16H,5-6,9H2/b20-8+. The minimum atomic E-state index is -0.209. The smallest absolute Gasteiger partial charge is 0.254 e. The average Bonchev–Trinajstić information content (AvgIpc) is 2.90. The second-order valence-corrected chi connectivity index (χ2v) is 7.57. The van der Waals surface area contributed by atoms with Gasteiger partial charge in [-0.05, 0) is 53.9 Å². The summed E-state index contributed by atoms with van der Waals surface area (Å²) in [5.74, 6) is 1.09. The molecule has 1 aromatic carbocycles. The average molecular weight is 336 g/mol. The summed E-state index contributed by atoms with van der Waals surface area (Å²) in [4.78, 5) is 25.6. The minimum Gasteiger partial charge on any atom is -0.454 e. The van der Waals surface area contributed by atoms with Crippen LogP contribution in [0.1, 0.15) is 18.4 Å². The van der Waals surface area contributed by atoms with Gasteiger partial charge in [0.1, 0.15) is 0 Å². The first-order chi connectivity index (χ1) is 12.2. The molecule has 5 aliphatic rings. The van der Waals surface area contributed by atoms with Crippen LogP contribution in [0, 0.1) is 29.1 Å². The first-order valence-electron chi connectivity index (χ1n) is 8.69. The molecule has 2 heterocycles. The maximum Gasteiger partial charge on any atom is 0.254 e. The Hall–Kier alpha value is -2.63. The first kappa shape index (κ1) is 13.6. The zero-order valence-corrected chi connectivity index (χ0v) is 13.4. The van der Waals surface area contributed by atoms with E-state index in [1.165, 1.54) is 0 Å². The minimum absolute atomic E-state index is 0.143. The van der Waals surface area contributed by atoms with Crippen molar-refractivity contribution in [2.75, 3.05) is 6.79 Å². The van der Waals surface area contributed by atoms with Gasteiger partial charge in [-0.3, -0.25) is 9.59 Å². The summed E-state index contributed by atoms with van der Waals surface area (Å²) < 4.78 is 10.6. The van der Waals surface area contributed by atoms with Gasteiger partial charge in [0.2, 0.25) is 6.79 Å². The van der Waals surface area contributed by atoms with Gasteiger partial charge >= 0.3 is 0 Å². The van der Waals surface area contributed by atoms with Gasteiger partial charge in [-0.25, -0.2) is 0 Å². The number of carbonyl (C=O) groups excluding carboxylic acids is 2. The van der Waals surface area contributed by atoms with Crippen LogP contribution in [0.4, 0.5) is 0 Å². The second kappa shape index (κ2) is 4.31. The molecule has 126 valence electrons. The summed E-state index contributed by atoms with van der Waals surface area (Å²) in [6.07, 6.45) is 8.15. The molecule has 25 heavy (non-hydrogen) atoms. The SMILES string of the molecule is O=C1C2C(C(=O)N1/N=C/c1ccc3c(c1)OCO3)C1C=CC2C12CC2. The van der Waals surface area contributed by atoms with Crippen LogP contribution in [-0.2, 0) is 9.59 Å². The number of nitrogens with zero attached hydrogens (tertiary/aromatic N) is 2. The third-order valence-corrected chi connectivity index (χ3v) is 6.55. The zero-order chi connectivity index (χ0) is 16.8. The number of fused-ring (bicyclic) bond motifs is 4. The highest BCUT2D eigenvalue weighted by molar-refractivity contribution is 6.07. The number of hydrazone groups is 1. The topological polar surface area (TPSA) is 68.2 Å². The Labute approximate surface area is 144 Å². The number of benzene rings is 1. The molecular formula is C19H16N2O4. The molecule has 2 amide bonds. The zero-order valence-electron chi connectivity index (χ0n) is 13.4. The molecule has 1 spiro atoms. The fraction of sp³-hybridized carbons (Fsp3) is 0.421. The number of rotatable bonds is 2. The summed E-state index contributed by atoms with van der Waals surface area (Å²) >= 11 is 0. The summed E-state index contributed by atoms with van der Waals surface area (Å²) in [7, 11) is 0. The monoisotopic (exact) mass is 336 g/mol. The molecule has 6 nitrogen and oxygen atoms in total. The van der Waals surface area contributed by atoms with Gasteiger partial charge in [-0.2, -0.15) is 10.1 Å². The van der Waals surface area contributed by atoms with Gasteiger partial charge in [0.25, 0.3) is 11.8 Å². The molecule has 2 bridgehead atoms. The molecule has 1 aromatic rings. The van der Waals surface area contributed by atoms with E-state index in [2.05, 4.69) is 17.3 Å². The van der Waals surface area contributed by atoms with Gasteiger partial charge in [-0.1, -0.05) is 12.2 Å². The van der Waals surface area contributed by atoms with Gasteiger partial charge in [0.15, 0.2) is 11.5 Å². The fourth-order valence-electron chi connectivity index (χ4n) is 5.29. The number of allylic oxidation sites excluding steroid dienone is 2. The summed E-state index contributed by atoms with van der Waals surface area (Å²) in [5, 5.41) is 5.30. The number of amides is 2. The molecule has 3 aliphatic carbocycles. The second-order valence-electron chi connectivity index (χ2n) is 7.57. The van der Waals surface area contributed by atoms with Crippen molar-refractivity contribution in [2.24, 2.45) is 34.2 Å².